The van der Waals surface area contributed by atoms with Crippen molar-refractivity contribution >= 4 is 22.8 Å². The number of carbonyl (C=O) groups excluding carboxylic acids is 1. The highest BCUT2D eigenvalue weighted by Crippen LogP contribution is 2.28. The van der Waals surface area contributed by atoms with Gasteiger partial charge >= 0.3 is 0 Å². The molecule has 1 amide bonds. The largest absolute Gasteiger partial charge is 0.346 e. The Morgan fingerprint density at radius 3 is 2.95 bits per heavy atom. The third-order valence-corrected chi connectivity index (χ3v) is 4.83. The van der Waals surface area contributed by atoms with E-state index in [-0.39, 0.29) is 11.9 Å². The molecule has 3 heterocycles. The molecule has 0 radical (unpaired) electrons. The van der Waals surface area contributed by atoms with Gasteiger partial charge in [0.2, 0.25) is 0 Å². The van der Waals surface area contributed by atoms with Crippen molar-refractivity contribution in [2.24, 2.45) is 0 Å². The molecule has 1 aromatic heterocycles. The first kappa shape index (κ1) is 13.5. The summed E-state index contributed by atoms with van der Waals surface area (Å²) < 4.78 is 0. The van der Waals surface area contributed by atoms with Gasteiger partial charge in [-0.1, -0.05) is 24.8 Å². The maximum Gasteiger partial charge on any atom is 0.270 e. The summed E-state index contributed by atoms with van der Waals surface area (Å²) in [5, 5.41) is 8.72. The fourth-order valence-corrected chi connectivity index (χ4v) is 3.64. The van der Waals surface area contributed by atoms with E-state index in [2.05, 4.69) is 22.2 Å². The zero-order valence-electron chi connectivity index (χ0n) is 12.4. The van der Waals surface area contributed by atoms with E-state index in [1.165, 1.54) is 6.42 Å². The van der Waals surface area contributed by atoms with Crippen LogP contribution in [0.4, 0.5) is 0 Å². The molecule has 0 spiro atoms. The lowest BCUT2D eigenvalue weighted by Gasteiger charge is -2.21. The number of fused-ring (bicyclic) bond motifs is 3. The van der Waals surface area contributed by atoms with Crippen LogP contribution in [0.25, 0.3) is 16.8 Å². The van der Waals surface area contributed by atoms with Crippen LogP contribution < -0.4 is 10.6 Å². The van der Waals surface area contributed by atoms with Crippen LogP contribution in [0.5, 0.6) is 0 Å². The Hall–Kier alpha value is -2.20. The predicted molar refractivity (Wildman–Crippen MR) is 87.7 cm³/mol. The second-order valence-electron chi connectivity index (χ2n) is 6.24. The summed E-state index contributed by atoms with van der Waals surface area (Å²) in [5.74, 6) is -0.0785. The van der Waals surface area contributed by atoms with Crippen molar-refractivity contribution in [1.29, 1.82) is 0 Å². The van der Waals surface area contributed by atoms with Crippen molar-refractivity contribution < 1.29 is 4.79 Å². The molecular formula is C18H19N3O. The Kier molecular flexibility index (Phi) is 3.19. The van der Waals surface area contributed by atoms with Crippen molar-refractivity contribution in [1.82, 2.24) is 15.6 Å². The maximum atomic E-state index is 12.5. The number of carbonyl (C=O) groups is 1. The van der Waals surface area contributed by atoms with Crippen LogP contribution >= 0.6 is 0 Å². The van der Waals surface area contributed by atoms with Crippen molar-refractivity contribution in [3.63, 3.8) is 0 Å². The van der Waals surface area contributed by atoms with E-state index in [1.54, 1.807) is 12.3 Å². The summed E-state index contributed by atoms with van der Waals surface area (Å²) in [6.45, 7) is 3.78. The maximum absolute atomic E-state index is 12.5. The number of rotatable bonds is 3. The van der Waals surface area contributed by atoms with Crippen molar-refractivity contribution in [2.75, 3.05) is 0 Å². The van der Waals surface area contributed by atoms with Crippen LogP contribution in [0.3, 0.4) is 0 Å². The lowest BCUT2D eigenvalue weighted by Crippen LogP contribution is -2.43. The molecule has 0 aliphatic carbocycles. The van der Waals surface area contributed by atoms with Crippen LogP contribution in [0.1, 0.15) is 35.3 Å². The lowest BCUT2D eigenvalue weighted by molar-refractivity contribution is 0.0926. The number of benzene rings is 1. The van der Waals surface area contributed by atoms with Gasteiger partial charge in [-0.15, -0.1) is 0 Å². The fourth-order valence-electron chi connectivity index (χ4n) is 3.64. The van der Waals surface area contributed by atoms with E-state index >= 15 is 0 Å². The molecule has 3 atom stereocenters. The summed E-state index contributed by atoms with van der Waals surface area (Å²) in [6.07, 6.45) is 6.99. The van der Waals surface area contributed by atoms with E-state index in [0.29, 0.717) is 17.8 Å². The number of hydrogen-bond acceptors (Lipinski definition) is 3. The third-order valence-electron chi connectivity index (χ3n) is 4.83. The second-order valence-corrected chi connectivity index (χ2v) is 6.24. The van der Waals surface area contributed by atoms with Gasteiger partial charge in [0.1, 0.15) is 5.69 Å². The quantitative estimate of drug-likeness (QED) is 0.914. The van der Waals surface area contributed by atoms with Gasteiger partial charge in [0, 0.05) is 29.7 Å². The summed E-state index contributed by atoms with van der Waals surface area (Å²) in [4.78, 5) is 16.8. The van der Waals surface area contributed by atoms with Gasteiger partial charge in [-0.3, -0.25) is 9.78 Å². The molecule has 22 heavy (non-hydrogen) atoms. The summed E-state index contributed by atoms with van der Waals surface area (Å²) in [7, 11) is 0. The monoisotopic (exact) mass is 293 g/mol. The Bertz CT molecular complexity index is 755. The smallest absolute Gasteiger partial charge is 0.270 e. The second kappa shape index (κ2) is 5.21. The van der Waals surface area contributed by atoms with E-state index in [0.717, 1.165) is 29.2 Å². The molecule has 2 aliphatic rings. The molecule has 0 saturated carbocycles. The van der Waals surface area contributed by atoms with E-state index < -0.39 is 0 Å². The third kappa shape index (κ3) is 2.29. The van der Waals surface area contributed by atoms with Gasteiger partial charge in [0.05, 0.1) is 0 Å². The van der Waals surface area contributed by atoms with Crippen molar-refractivity contribution in [3.8, 4) is 0 Å². The first-order valence-corrected chi connectivity index (χ1v) is 7.82. The fraction of sp³-hybridized carbons (Fsp3) is 0.333. The highest BCUT2D eigenvalue weighted by Gasteiger charge is 2.39. The molecule has 4 heteroatoms. The van der Waals surface area contributed by atoms with Gasteiger partial charge in [-0.05, 0) is 42.3 Å². The van der Waals surface area contributed by atoms with Crippen LogP contribution in [-0.4, -0.2) is 29.0 Å². The Morgan fingerprint density at radius 2 is 2.23 bits per heavy atom. The molecule has 2 aliphatic heterocycles. The van der Waals surface area contributed by atoms with Gasteiger partial charge in [0.15, 0.2) is 0 Å². The SMILES string of the molecule is C=Cc1ccc2cnc(C(=O)N[C@@H]3C[C@H]4CC[C@@H]3N4)cc2c1. The number of amides is 1. The summed E-state index contributed by atoms with van der Waals surface area (Å²) in [5.41, 5.74) is 1.53. The zero-order valence-corrected chi connectivity index (χ0v) is 12.4. The Labute approximate surface area is 129 Å². The normalized spacial score (nSPS) is 26.3. The topological polar surface area (TPSA) is 54.0 Å². The molecule has 4 rings (SSSR count). The number of pyridine rings is 1. The van der Waals surface area contributed by atoms with Gasteiger partial charge in [-0.2, -0.15) is 0 Å². The predicted octanol–water partition coefficient (Wildman–Crippen LogP) is 2.50. The summed E-state index contributed by atoms with van der Waals surface area (Å²) >= 11 is 0. The number of nitrogens with zero attached hydrogens (tertiary/aromatic N) is 1. The molecule has 1 aromatic carbocycles. The first-order chi connectivity index (χ1) is 10.7. The number of hydrogen-bond donors (Lipinski definition) is 2. The highest BCUT2D eigenvalue weighted by molar-refractivity contribution is 5.96. The Morgan fingerprint density at radius 1 is 1.32 bits per heavy atom. The van der Waals surface area contributed by atoms with E-state index in [9.17, 15) is 4.79 Å². The molecule has 0 unspecified atom stereocenters. The standard InChI is InChI=1S/C18H19N3O/c1-2-11-3-4-12-10-19-17(8-13(12)7-11)18(22)21-16-9-14-5-6-15(16)20-14/h2-4,7-8,10,14-16,20H,1,5-6,9H2,(H,21,22)/t14-,15+,16-/m1/s1. The van der Waals surface area contributed by atoms with Crippen LogP contribution in [-0.2, 0) is 0 Å². The molecule has 2 fully saturated rings. The molecule has 2 aromatic rings. The molecule has 112 valence electrons. The van der Waals surface area contributed by atoms with Gasteiger partial charge in [-0.25, -0.2) is 0 Å². The van der Waals surface area contributed by atoms with Crippen molar-refractivity contribution in [2.45, 2.75) is 37.4 Å². The van der Waals surface area contributed by atoms with Crippen molar-refractivity contribution in [3.05, 3.63) is 48.3 Å². The average molecular weight is 293 g/mol. The molecule has 2 bridgehead atoms. The van der Waals surface area contributed by atoms with Gasteiger partial charge < -0.3 is 10.6 Å². The van der Waals surface area contributed by atoms with Crippen LogP contribution in [0.15, 0.2) is 37.0 Å². The zero-order chi connectivity index (χ0) is 15.1. The number of nitrogens with one attached hydrogen (secondary N) is 2. The minimum Gasteiger partial charge on any atom is -0.346 e. The molecule has 4 nitrogen and oxygen atoms in total. The molecule has 2 saturated heterocycles. The van der Waals surface area contributed by atoms with E-state index in [4.69, 9.17) is 0 Å². The van der Waals surface area contributed by atoms with Crippen LogP contribution in [0, 0.1) is 0 Å². The van der Waals surface area contributed by atoms with Crippen LogP contribution in [0.2, 0.25) is 0 Å². The Balaban J connectivity index is 1.57. The van der Waals surface area contributed by atoms with E-state index in [1.807, 2.05) is 24.3 Å². The molecule has 2 N–H and O–H groups in total. The molecular weight excluding hydrogens is 274 g/mol. The average Bonchev–Trinajstić information content (AvgIpc) is 3.16. The summed E-state index contributed by atoms with van der Waals surface area (Å²) in [6, 6.07) is 9.14. The highest BCUT2D eigenvalue weighted by atomic mass is 16.2. The number of aromatic nitrogens is 1. The minimum atomic E-state index is -0.0785. The first-order valence-electron chi connectivity index (χ1n) is 7.82. The lowest BCUT2D eigenvalue weighted by atomic mass is 9.95. The minimum absolute atomic E-state index is 0.0785. The van der Waals surface area contributed by atoms with Gasteiger partial charge in [0.25, 0.3) is 5.91 Å².